The van der Waals surface area contributed by atoms with Gasteiger partial charge in [-0.1, -0.05) is 11.3 Å². The molecule has 2 rings (SSSR count). The maximum atomic E-state index is 11.9. The average molecular weight is 284 g/mol. The maximum Gasteiger partial charge on any atom is 0.306 e. The summed E-state index contributed by atoms with van der Waals surface area (Å²) in [5.41, 5.74) is 0.738. The van der Waals surface area contributed by atoms with Crippen LogP contribution in [0.5, 0.6) is 0 Å². The number of ether oxygens (including phenoxy) is 1. The predicted octanol–water partition coefficient (Wildman–Crippen LogP) is 1.75. The van der Waals surface area contributed by atoms with Gasteiger partial charge in [0.25, 0.3) is 0 Å². The third-order valence-corrected chi connectivity index (χ3v) is 4.78. The van der Waals surface area contributed by atoms with Gasteiger partial charge in [-0.15, -0.1) is 0 Å². The van der Waals surface area contributed by atoms with Crippen LogP contribution in [-0.4, -0.2) is 32.5 Å². The smallest absolute Gasteiger partial charge is 0.306 e. The van der Waals surface area contributed by atoms with Crippen LogP contribution < -0.4 is 0 Å². The van der Waals surface area contributed by atoms with Crippen molar-refractivity contribution in [1.82, 2.24) is 9.97 Å². The molecule has 0 radical (unpaired) electrons. The molecule has 5 nitrogen and oxygen atoms in total. The fourth-order valence-electron chi connectivity index (χ4n) is 1.34. The lowest BCUT2D eigenvalue weighted by Gasteiger charge is -1.99. The minimum Gasteiger partial charge on any atom is -0.466 e. The lowest BCUT2D eigenvalue weighted by Crippen LogP contribution is -2.09. The van der Waals surface area contributed by atoms with Crippen molar-refractivity contribution in [3.8, 4) is 0 Å². The number of rotatable bonds is 5. The molecule has 0 N–H and O–H groups in total. The van der Waals surface area contributed by atoms with Gasteiger partial charge in [-0.05, 0) is 19.1 Å². The van der Waals surface area contributed by atoms with Crippen LogP contribution in [0, 0.1) is 0 Å². The van der Waals surface area contributed by atoms with Crippen LogP contribution in [0.25, 0.3) is 10.3 Å². The molecule has 0 spiro atoms. The van der Waals surface area contributed by atoms with Crippen LogP contribution in [-0.2, 0) is 20.3 Å². The summed E-state index contributed by atoms with van der Waals surface area (Å²) in [6.07, 6.45) is 1.82. The summed E-state index contributed by atoms with van der Waals surface area (Å²) in [4.78, 5) is 20.3. The summed E-state index contributed by atoms with van der Waals surface area (Å²) in [5.74, 6) is -0.0938. The van der Waals surface area contributed by atoms with E-state index in [1.807, 2.05) is 6.07 Å². The third-order valence-electron chi connectivity index (χ3n) is 2.14. The van der Waals surface area contributed by atoms with Crippen molar-refractivity contribution in [2.45, 2.75) is 17.7 Å². The molecule has 96 valence electrons. The molecule has 18 heavy (non-hydrogen) atoms. The Hall–Kier alpha value is -1.34. The zero-order chi connectivity index (χ0) is 13.0. The van der Waals surface area contributed by atoms with Gasteiger partial charge >= 0.3 is 5.97 Å². The molecule has 7 heteroatoms. The summed E-state index contributed by atoms with van der Waals surface area (Å²) < 4.78 is 17.2. The number of nitrogens with zero attached hydrogens (tertiary/aromatic N) is 2. The Morgan fingerprint density at radius 1 is 1.56 bits per heavy atom. The van der Waals surface area contributed by atoms with Crippen LogP contribution in [0.15, 0.2) is 22.7 Å². The van der Waals surface area contributed by atoms with Crippen molar-refractivity contribution in [3.63, 3.8) is 0 Å². The standard InChI is InChI=1S/C11H12N2O3S2/c1-2-16-9(14)5-7-18(15)11-13-8-4-3-6-12-10(8)17-11/h3-4,6H,2,5,7H2,1H3. The number of carbonyl (C=O) groups is 1. The SMILES string of the molecule is CCOC(=O)CCS(=O)c1nc2cccnc2s1. The summed E-state index contributed by atoms with van der Waals surface area (Å²) in [6, 6.07) is 3.61. The molecular formula is C11H12N2O3S2. The van der Waals surface area contributed by atoms with Gasteiger partial charge in [0.1, 0.15) is 10.3 Å². The van der Waals surface area contributed by atoms with E-state index in [0.29, 0.717) is 10.9 Å². The number of esters is 1. The highest BCUT2D eigenvalue weighted by Crippen LogP contribution is 2.22. The van der Waals surface area contributed by atoms with Gasteiger partial charge in [0.15, 0.2) is 4.34 Å². The number of aromatic nitrogens is 2. The minimum atomic E-state index is -1.27. The molecule has 0 aromatic carbocycles. The highest BCUT2D eigenvalue weighted by atomic mass is 32.2. The Labute approximate surface area is 111 Å². The lowest BCUT2D eigenvalue weighted by atomic mass is 10.5. The molecule has 0 saturated heterocycles. The second-order valence-electron chi connectivity index (χ2n) is 3.41. The van der Waals surface area contributed by atoms with E-state index in [1.165, 1.54) is 11.3 Å². The van der Waals surface area contributed by atoms with E-state index in [-0.39, 0.29) is 18.1 Å². The molecule has 0 saturated carbocycles. The van der Waals surface area contributed by atoms with Crippen molar-refractivity contribution >= 4 is 38.5 Å². The molecule has 1 unspecified atom stereocenters. The number of carbonyl (C=O) groups excluding carboxylic acids is 1. The Kier molecular flexibility index (Phi) is 4.38. The molecule has 2 aromatic heterocycles. The zero-order valence-electron chi connectivity index (χ0n) is 9.79. The quantitative estimate of drug-likeness (QED) is 0.782. The van der Waals surface area contributed by atoms with Crippen molar-refractivity contribution in [3.05, 3.63) is 18.3 Å². The normalized spacial score (nSPS) is 12.5. The monoisotopic (exact) mass is 284 g/mol. The largest absolute Gasteiger partial charge is 0.466 e. The fourth-order valence-corrected chi connectivity index (χ4v) is 3.57. The molecule has 0 aliphatic heterocycles. The lowest BCUT2D eigenvalue weighted by molar-refractivity contribution is -0.142. The molecule has 0 amide bonds. The van der Waals surface area contributed by atoms with Gasteiger partial charge in [-0.25, -0.2) is 9.97 Å². The number of hydrogen-bond acceptors (Lipinski definition) is 6. The number of thiazole rings is 1. The highest BCUT2D eigenvalue weighted by Gasteiger charge is 2.13. The number of fused-ring (bicyclic) bond motifs is 1. The number of hydrogen-bond donors (Lipinski definition) is 0. The average Bonchev–Trinajstić information content (AvgIpc) is 2.80. The molecule has 0 aliphatic carbocycles. The fraction of sp³-hybridized carbons (Fsp3) is 0.364. The molecule has 1 atom stereocenters. The second kappa shape index (κ2) is 6.01. The molecule has 2 aromatic rings. The van der Waals surface area contributed by atoms with Crippen molar-refractivity contribution < 1.29 is 13.7 Å². The van der Waals surface area contributed by atoms with Gasteiger partial charge < -0.3 is 4.74 Å². The van der Waals surface area contributed by atoms with Gasteiger partial charge in [-0.3, -0.25) is 9.00 Å². The zero-order valence-corrected chi connectivity index (χ0v) is 11.4. The summed E-state index contributed by atoms with van der Waals surface area (Å²) in [5, 5.41) is 0. The summed E-state index contributed by atoms with van der Waals surface area (Å²) >= 11 is 1.30. The second-order valence-corrected chi connectivity index (χ2v) is 6.13. The first-order valence-corrected chi connectivity index (χ1v) is 7.60. The van der Waals surface area contributed by atoms with E-state index < -0.39 is 10.8 Å². The van der Waals surface area contributed by atoms with Crippen LogP contribution in [0.2, 0.25) is 0 Å². The maximum absolute atomic E-state index is 11.9. The van der Waals surface area contributed by atoms with E-state index >= 15 is 0 Å². The van der Waals surface area contributed by atoms with Gasteiger partial charge in [-0.2, -0.15) is 0 Å². The Bertz CT molecular complexity index is 549. The van der Waals surface area contributed by atoms with Crippen LogP contribution >= 0.6 is 11.3 Å². The Balaban J connectivity index is 2.02. The van der Waals surface area contributed by atoms with E-state index in [4.69, 9.17) is 4.74 Å². The van der Waals surface area contributed by atoms with Gasteiger partial charge in [0.05, 0.1) is 23.8 Å². The van der Waals surface area contributed by atoms with Crippen molar-refractivity contribution in [2.75, 3.05) is 12.4 Å². The Morgan fingerprint density at radius 3 is 3.11 bits per heavy atom. The predicted molar refractivity (Wildman–Crippen MR) is 69.9 cm³/mol. The number of pyridine rings is 1. The van der Waals surface area contributed by atoms with Crippen LogP contribution in [0.1, 0.15) is 13.3 Å². The van der Waals surface area contributed by atoms with E-state index in [9.17, 15) is 9.00 Å². The van der Waals surface area contributed by atoms with Crippen LogP contribution in [0.3, 0.4) is 0 Å². The summed E-state index contributed by atoms with van der Waals surface area (Å²) in [6.45, 7) is 2.09. The molecule has 0 aliphatic rings. The first kappa shape index (κ1) is 13.1. The van der Waals surface area contributed by atoms with Gasteiger partial charge in [0.2, 0.25) is 0 Å². The first-order valence-electron chi connectivity index (χ1n) is 5.46. The van der Waals surface area contributed by atoms with E-state index in [0.717, 1.165) is 10.3 Å². The Morgan fingerprint density at radius 2 is 2.39 bits per heavy atom. The molecule has 0 bridgehead atoms. The molecular weight excluding hydrogens is 272 g/mol. The third kappa shape index (κ3) is 3.11. The molecule has 2 heterocycles. The van der Waals surface area contributed by atoms with Crippen molar-refractivity contribution in [2.24, 2.45) is 0 Å². The van der Waals surface area contributed by atoms with E-state index in [1.54, 1.807) is 19.2 Å². The van der Waals surface area contributed by atoms with Crippen LogP contribution in [0.4, 0.5) is 0 Å². The van der Waals surface area contributed by atoms with Crippen molar-refractivity contribution in [1.29, 1.82) is 0 Å². The minimum absolute atomic E-state index is 0.143. The molecule has 0 fully saturated rings. The topological polar surface area (TPSA) is 69.2 Å². The van der Waals surface area contributed by atoms with Gasteiger partial charge in [0, 0.05) is 11.9 Å². The highest BCUT2D eigenvalue weighted by molar-refractivity contribution is 7.87. The van der Waals surface area contributed by atoms with E-state index in [2.05, 4.69) is 9.97 Å². The first-order chi connectivity index (χ1) is 8.70. The summed E-state index contributed by atoms with van der Waals surface area (Å²) in [7, 11) is -1.27.